The average molecular weight is 347 g/mol. The van der Waals surface area contributed by atoms with Gasteiger partial charge in [0.1, 0.15) is 5.75 Å². The summed E-state index contributed by atoms with van der Waals surface area (Å²) in [6.45, 7) is 2.01. The van der Waals surface area contributed by atoms with Gasteiger partial charge in [-0.3, -0.25) is 9.59 Å². The van der Waals surface area contributed by atoms with Crippen LogP contribution in [0.1, 0.15) is 23.7 Å². The highest BCUT2D eigenvalue weighted by molar-refractivity contribution is 6.32. The van der Waals surface area contributed by atoms with Gasteiger partial charge in [-0.2, -0.15) is 0 Å². The molecule has 0 saturated heterocycles. The minimum absolute atomic E-state index is 0.0269. The Morgan fingerprint density at radius 3 is 2.33 bits per heavy atom. The third kappa shape index (κ3) is 4.99. The molecule has 1 amide bonds. The van der Waals surface area contributed by atoms with Crippen LogP contribution in [0.15, 0.2) is 42.5 Å². The summed E-state index contributed by atoms with van der Waals surface area (Å²) in [6.07, 6.45) is 0.304. The lowest BCUT2D eigenvalue weighted by molar-refractivity contribution is -0.115. The number of ether oxygens (including phenoxy) is 1. The third-order valence-corrected chi connectivity index (χ3v) is 3.70. The third-order valence-electron chi connectivity index (χ3n) is 3.41. The Balaban J connectivity index is 1.80. The van der Waals surface area contributed by atoms with Crippen LogP contribution in [0.25, 0.3) is 0 Å². The highest BCUT2D eigenvalue weighted by atomic mass is 35.5. The van der Waals surface area contributed by atoms with Crippen LogP contribution in [-0.4, -0.2) is 25.3 Å². The number of hydrogen-bond acceptors (Lipinski definition) is 4. The molecule has 0 aliphatic carbocycles. The van der Waals surface area contributed by atoms with Gasteiger partial charge in [0.15, 0.2) is 5.78 Å². The fourth-order valence-corrected chi connectivity index (χ4v) is 2.37. The molecule has 6 heteroatoms. The first kappa shape index (κ1) is 17.8. The van der Waals surface area contributed by atoms with Crippen molar-refractivity contribution < 1.29 is 14.3 Å². The van der Waals surface area contributed by atoms with Crippen molar-refractivity contribution in [2.45, 2.75) is 13.3 Å². The van der Waals surface area contributed by atoms with E-state index in [-0.39, 0.29) is 11.7 Å². The fourth-order valence-electron chi connectivity index (χ4n) is 2.11. The molecule has 0 atom stereocenters. The molecule has 0 saturated carbocycles. The lowest BCUT2D eigenvalue weighted by atomic mass is 10.1. The van der Waals surface area contributed by atoms with Gasteiger partial charge in [0, 0.05) is 29.9 Å². The summed E-state index contributed by atoms with van der Waals surface area (Å²) in [4.78, 5) is 23.1. The number of ketones is 1. The average Bonchev–Trinajstić information content (AvgIpc) is 2.55. The molecule has 2 N–H and O–H groups in total. The fraction of sp³-hybridized carbons (Fsp3) is 0.222. The maximum Gasteiger partial charge on any atom is 0.226 e. The molecule has 2 rings (SSSR count). The van der Waals surface area contributed by atoms with Crippen LogP contribution < -0.4 is 15.4 Å². The molecule has 0 radical (unpaired) electrons. The van der Waals surface area contributed by atoms with Gasteiger partial charge in [-0.15, -0.1) is 0 Å². The number of nitrogens with one attached hydrogen (secondary N) is 2. The van der Waals surface area contributed by atoms with E-state index < -0.39 is 0 Å². The molecule has 0 aliphatic rings. The zero-order valence-corrected chi connectivity index (χ0v) is 14.3. The molecule has 2 aromatic carbocycles. The Morgan fingerprint density at radius 2 is 1.75 bits per heavy atom. The van der Waals surface area contributed by atoms with Crippen molar-refractivity contribution in [2.75, 3.05) is 24.3 Å². The Morgan fingerprint density at radius 1 is 1.08 bits per heavy atom. The van der Waals surface area contributed by atoms with Gasteiger partial charge in [0.05, 0.1) is 12.1 Å². The first-order chi connectivity index (χ1) is 11.5. The van der Waals surface area contributed by atoms with E-state index in [4.69, 9.17) is 16.3 Å². The second-order valence-corrected chi connectivity index (χ2v) is 5.62. The second kappa shape index (κ2) is 8.36. The van der Waals surface area contributed by atoms with E-state index >= 15 is 0 Å². The van der Waals surface area contributed by atoms with E-state index in [2.05, 4.69) is 10.6 Å². The van der Waals surface area contributed by atoms with Crippen LogP contribution >= 0.6 is 11.6 Å². The number of amides is 1. The molecule has 24 heavy (non-hydrogen) atoms. The molecule has 0 spiro atoms. The minimum Gasteiger partial charge on any atom is -0.495 e. The lowest BCUT2D eigenvalue weighted by Gasteiger charge is -2.09. The van der Waals surface area contributed by atoms with Crippen LogP contribution in [-0.2, 0) is 4.79 Å². The van der Waals surface area contributed by atoms with Crippen molar-refractivity contribution in [3.8, 4) is 5.75 Å². The smallest absolute Gasteiger partial charge is 0.226 e. The summed E-state index contributed by atoms with van der Waals surface area (Å²) in [5.41, 5.74) is 2.14. The number of Topliss-reactive ketones (excluding diaryl/α,β-unsaturated/α-hetero) is 1. The molecule has 5 nitrogen and oxygen atoms in total. The maximum absolute atomic E-state index is 11.9. The van der Waals surface area contributed by atoms with Gasteiger partial charge < -0.3 is 15.4 Å². The van der Waals surface area contributed by atoms with E-state index in [9.17, 15) is 9.59 Å². The largest absolute Gasteiger partial charge is 0.495 e. The minimum atomic E-state index is -0.121. The molecule has 2 aromatic rings. The van der Waals surface area contributed by atoms with E-state index in [1.54, 1.807) is 30.3 Å². The molecule has 0 aromatic heterocycles. The number of hydrogen-bond donors (Lipinski definition) is 2. The van der Waals surface area contributed by atoms with Crippen molar-refractivity contribution in [1.82, 2.24) is 0 Å². The van der Waals surface area contributed by atoms with E-state index in [0.717, 1.165) is 5.69 Å². The molecular formula is C18H19ClN2O3. The number of rotatable bonds is 7. The Hall–Kier alpha value is -2.53. The van der Waals surface area contributed by atoms with Gasteiger partial charge in [-0.05, 0) is 49.4 Å². The summed E-state index contributed by atoms with van der Waals surface area (Å²) >= 11 is 6.02. The van der Waals surface area contributed by atoms with Crippen molar-refractivity contribution >= 4 is 34.7 Å². The maximum atomic E-state index is 11.9. The number of benzene rings is 2. The van der Waals surface area contributed by atoms with Gasteiger partial charge in [0.2, 0.25) is 5.91 Å². The normalized spacial score (nSPS) is 10.1. The number of anilines is 2. The van der Waals surface area contributed by atoms with Crippen LogP contribution in [0.4, 0.5) is 11.4 Å². The summed E-state index contributed by atoms with van der Waals surface area (Å²) < 4.78 is 5.07. The number of carbonyl (C=O) groups is 2. The highest BCUT2D eigenvalue weighted by Gasteiger charge is 2.06. The van der Waals surface area contributed by atoms with Crippen molar-refractivity contribution in [3.63, 3.8) is 0 Å². The molecule has 0 heterocycles. The van der Waals surface area contributed by atoms with Gasteiger partial charge in [0.25, 0.3) is 0 Å². The van der Waals surface area contributed by atoms with E-state index in [1.165, 1.54) is 14.0 Å². The van der Waals surface area contributed by atoms with Crippen molar-refractivity contribution in [2.24, 2.45) is 0 Å². The Kier molecular flexibility index (Phi) is 6.21. The molecule has 0 fully saturated rings. The van der Waals surface area contributed by atoms with Crippen molar-refractivity contribution in [1.29, 1.82) is 0 Å². The summed E-state index contributed by atoms with van der Waals surface area (Å²) in [6, 6.07) is 12.2. The van der Waals surface area contributed by atoms with Crippen LogP contribution in [0, 0.1) is 0 Å². The van der Waals surface area contributed by atoms with Gasteiger partial charge in [-0.1, -0.05) is 11.6 Å². The second-order valence-electron chi connectivity index (χ2n) is 5.21. The first-order valence-electron chi connectivity index (χ1n) is 7.48. The molecular weight excluding hydrogens is 328 g/mol. The summed E-state index contributed by atoms with van der Waals surface area (Å²) in [7, 11) is 1.54. The quantitative estimate of drug-likeness (QED) is 0.744. The number of carbonyl (C=O) groups excluding carboxylic acids is 2. The van der Waals surface area contributed by atoms with Gasteiger partial charge in [-0.25, -0.2) is 0 Å². The molecule has 0 aliphatic heterocycles. The van der Waals surface area contributed by atoms with Crippen LogP contribution in [0.3, 0.4) is 0 Å². The Labute approximate surface area is 146 Å². The molecule has 0 bridgehead atoms. The lowest BCUT2D eigenvalue weighted by Crippen LogP contribution is -2.16. The SMILES string of the molecule is COc1ccc(NC(=O)CCNc2ccc(C(C)=O)cc2)cc1Cl. The molecule has 0 unspecified atom stereocenters. The summed E-state index contributed by atoms with van der Waals surface area (Å²) in [5.74, 6) is 0.466. The van der Waals surface area contributed by atoms with Crippen molar-refractivity contribution in [3.05, 3.63) is 53.1 Å². The van der Waals surface area contributed by atoms with Crippen LogP contribution in [0.2, 0.25) is 5.02 Å². The first-order valence-corrected chi connectivity index (χ1v) is 7.85. The highest BCUT2D eigenvalue weighted by Crippen LogP contribution is 2.27. The number of methoxy groups -OCH3 is 1. The zero-order chi connectivity index (χ0) is 17.5. The van der Waals surface area contributed by atoms with Gasteiger partial charge >= 0.3 is 0 Å². The van der Waals surface area contributed by atoms with Crippen LogP contribution in [0.5, 0.6) is 5.75 Å². The number of halogens is 1. The Bertz CT molecular complexity index is 730. The van der Waals surface area contributed by atoms with E-state index in [1.807, 2.05) is 12.1 Å². The predicted octanol–water partition coefficient (Wildman–Crippen LogP) is 3.99. The van der Waals surface area contributed by atoms with E-state index in [0.29, 0.717) is 35.0 Å². The predicted molar refractivity (Wildman–Crippen MR) is 96.2 cm³/mol. The monoisotopic (exact) mass is 346 g/mol. The molecule has 126 valence electrons. The zero-order valence-electron chi connectivity index (χ0n) is 13.6. The summed E-state index contributed by atoms with van der Waals surface area (Å²) in [5, 5.41) is 6.36. The standard InChI is InChI=1S/C18H19ClN2O3/c1-12(22)13-3-5-14(6-4-13)20-10-9-18(23)21-15-7-8-17(24-2)16(19)11-15/h3-8,11,20H,9-10H2,1-2H3,(H,21,23). The topological polar surface area (TPSA) is 67.4 Å².